The summed E-state index contributed by atoms with van der Waals surface area (Å²) in [6.45, 7) is 4.70. The Morgan fingerprint density at radius 2 is 1.94 bits per heavy atom. The zero-order valence-electron chi connectivity index (χ0n) is 10.2. The highest BCUT2D eigenvalue weighted by Gasteiger charge is 2.53. The highest BCUT2D eigenvalue weighted by Crippen LogP contribution is 2.43. The van der Waals surface area contributed by atoms with Crippen LogP contribution in [-0.2, 0) is 4.79 Å². The first-order valence-corrected chi connectivity index (χ1v) is 5.57. The van der Waals surface area contributed by atoms with Crippen molar-refractivity contribution in [1.82, 2.24) is 5.01 Å². The van der Waals surface area contributed by atoms with E-state index in [1.54, 1.807) is 20.8 Å². The first-order valence-electron chi connectivity index (χ1n) is 5.19. The fraction of sp³-hybridized carbons (Fsp3) is 0.545. The summed E-state index contributed by atoms with van der Waals surface area (Å²) >= 11 is 5.59. The molecule has 1 atom stereocenters. The second-order valence-corrected chi connectivity index (χ2v) is 5.44. The van der Waals surface area contributed by atoms with Gasteiger partial charge in [0.25, 0.3) is 5.91 Å². The number of rotatable bonds is 1. The predicted octanol–water partition coefficient (Wildman–Crippen LogP) is 2.73. The van der Waals surface area contributed by atoms with Gasteiger partial charge in [-0.3, -0.25) is 9.80 Å². The van der Waals surface area contributed by atoms with Gasteiger partial charge in [0.2, 0.25) is 0 Å². The van der Waals surface area contributed by atoms with E-state index < -0.39 is 34.1 Å². The molecule has 0 spiro atoms. The molecule has 0 bridgehead atoms. The van der Waals surface area contributed by atoms with Gasteiger partial charge in [0, 0.05) is 5.03 Å². The number of hydrogen-bond acceptors (Lipinski definition) is 2. The van der Waals surface area contributed by atoms with Crippen LogP contribution < -0.4 is 5.84 Å². The monoisotopic (exact) mass is 282 g/mol. The molecule has 0 aromatic rings. The minimum atomic E-state index is -3.98. The molecule has 0 aromatic heterocycles. The zero-order valence-corrected chi connectivity index (χ0v) is 10.9. The summed E-state index contributed by atoms with van der Waals surface area (Å²) in [5.74, 6) is -3.45. The SMILES string of the molecule is CC(C)(C)N(N)C(=O)C1C(Cl)=CC=C(F)C1(F)F. The molecular formula is C11H14ClF3N2O. The van der Waals surface area contributed by atoms with Gasteiger partial charge in [-0.05, 0) is 32.9 Å². The predicted molar refractivity (Wildman–Crippen MR) is 62.4 cm³/mol. The molecule has 1 amide bonds. The lowest BCUT2D eigenvalue weighted by atomic mass is 9.92. The Morgan fingerprint density at radius 1 is 1.44 bits per heavy atom. The maximum atomic E-state index is 13.6. The minimum Gasteiger partial charge on any atom is -0.275 e. The number of carbonyl (C=O) groups excluding carboxylic acids is 1. The number of amides is 1. The molecule has 102 valence electrons. The largest absolute Gasteiger partial charge is 0.315 e. The van der Waals surface area contributed by atoms with Gasteiger partial charge in [0.15, 0.2) is 5.83 Å². The Labute approximate surface area is 108 Å². The van der Waals surface area contributed by atoms with Crippen LogP contribution in [0.4, 0.5) is 13.2 Å². The summed E-state index contributed by atoms with van der Waals surface area (Å²) in [6.07, 6.45) is 1.48. The average Bonchev–Trinajstić information content (AvgIpc) is 2.21. The van der Waals surface area contributed by atoms with Gasteiger partial charge < -0.3 is 0 Å². The van der Waals surface area contributed by atoms with E-state index in [-0.39, 0.29) is 0 Å². The molecule has 0 aliphatic heterocycles. The molecule has 18 heavy (non-hydrogen) atoms. The highest BCUT2D eigenvalue weighted by molar-refractivity contribution is 6.31. The third-order valence-electron chi connectivity index (χ3n) is 2.55. The van der Waals surface area contributed by atoms with Crippen LogP contribution in [0.15, 0.2) is 23.0 Å². The Morgan fingerprint density at radius 3 is 2.39 bits per heavy atom. The number of halogens is 4. The standard InChI is InChI=1S/C11H14ClF3N2O/c1-10(2,3)17(16)9(18)8-6(12)4-5-7(13)11(8,14)15/h4-5,8H,16H2,1-3H3. The molecule has 0 radical (unpaired) electrons. The maximum absolute atomic E-state index is 13.6. The lowest BCUT2D eigenvalue weighted by Crippen LogP contribution is -2.56. The van der Waals surface area contributed by atoms with E-state index in [2.05, 4.69) is 0 Å². The lowest BCUT2D eigenvalue weighted by Gasteiger charge is -2.36. The first kappa shape index (κ1) is 15.0. The molecule has 0 aromatic carbocycles. The highest BCUT2D eigenvalue weighted by atomic mass is 35.5. The summed E-state index contributed by atoms with van der Waals surface area (Å²) in [4.78, 5) is 11.9. The number of nitrogens with zero attached hydrogens (tertiary/aromatic N) is 1. The smallest absolute Gasteiger partial charge is 0.275 e. The molecule has 0 fully saturated rings. The number of carbonyl (C=O) groups is 1. The lowest BCUT2D eigenvalue weighted by molar-refractivity contribution is -0.150. The topological polar surface area (TPSA) is 46.3 Å². The van der Waals surface area contributed by atoms with Crippen LogP contribution in [0.3, 0.4) is 0 Å². The van der Waals surface area contributed by atoms with Gasteiger partial charge in [-0.1, -0.05) is 11.6 Å². The second-order valence-electron chi connectivity index (χ2n) is 5.00. The third-order valence-corrected chi connectivity index (χ3v) is 2.90. The van der Waals surface area contributed by atoms with Crippen molar-refractivity contribution in [3.8, 4) is 0 Å². The van der Waals surface area contributed by atoms with Crippen molar-refractivity contribution in [3.05, 3.63) is 23.0 Å². The number of nitrogens with two attached hydrogens (primary N) is 1. The molecule has 0 heterocycles. The summed E-state index contributed by atoms with van der Waals surface area (Å²) in [5.41, 5.74) is -0.873. The Bertz CT molecular complexity index is 426. The first-order chi connectivity index (χ1) is 7.99. The van der Waals surface area contributed by atoms with Crippen LogP contribution >= 0.6 is 11.6 Å². The van der Waals surface area contributed by atoms with Crippen LogP contribution in [0.1, 0.15) is 20.8 Å². The molecular weight excluding hydrogens is 269 g/mol. The van der Waals surface area contributed by atoms with Gasteiger partial charge in [-0.25, -0.2) is 10.2 Å². The molecule has 2 N–H and O–H groups in total. The van der Waals surface area contributed by atoms with Crippen molar-refractivity contribution in [3.63, 3.8) is 0 Å². The van der Waals surface area contributed by atoms with E-state index in [0.717, 1.165) is 6.08 Å². The molecule has 1 rings (SSSR count). The molecule has 0 saturated heterocycles. The Kier molecular flexibility index (Phi) is 3.83. The van der Waals surface area contributed by atoms with Gasteiger partial charge in [-0.15, -0.1) is 0 Å². The second kappa shape index (κ2) is 4.59. The van der Waals surface area contributed by atoms with Gasteiger partial charge in [-0.2, -0.15) is 8.78 Å². The molecule has 1 aliphatic carbocycles. The molecule has 3 nitrogen and oxygen atoms in total. The number of alkyl halides is 2. The van der Waals surface area contributed by atoms with Crippen molar-refractivity contribution >= 4 is 17.5 Å². The summed E-state index contributed by atoms with van der Waals surface area (Å²) in [5, 5.41) is 0.200. The van der Waals surface area contributed by atoms with Crippen molar-refractivity contribution in [2.75, 3.05) is 0 Å². The van der Waals surface area contributed by atoms with E-state index in [9.17, 15) is 18.0 Å². The molecule has 0 saturated carbocycles. The van der Waals surface area contributed by atoms with Crippen molar-refractivity contribution in [2.45, 2.75) is 32.2 Å². The van der Waals surface area contributed by atoms with Crippen LogP contribution in [-0.4, -0.2) is 22.4 Å². The van der Waals surface area contributed by atoms with Crippen molar-refractivity contribution < 1.29 is 18.0 Å². The Balaban J connectivity index is 3.13. The average molecular weight is 283 g/mol. The number of allylic oxidation sites excluding steroid dienone is 3. The molecule has 1 aliphatic rings. The van der Waals surface area contributed by atoms with Crippen molar-refractivity contribution in [1.29, 1.82) is 0 Å². The van der Waals surface area contributed by atoms with Gasteiger partial charge in [0.05, 0.1) is 5.54 Å². The van der Waals surface area contributed by atoms with Crippen LogP contribution in [0.25, 0.3) is 0 Å². The maximum Gasteiger partial charge on any atom is 0.315 e. The minimum absolute atomic E-state index is 0.439. The quantitative estimate of drug-likeness (QED) is 0.457. The number of hydrogen-bond donors (Lipinski definition) is 1. The summed E-state index contributed by atoms with van der Waals surface area (Å²) < 4.78 is 40.4. The van der Waals surface area contributed by atoms with E-state index in [1.165, 1.54) is 0 Å². The summed E-state index contributed by atoms with van der Waals surface area (Å²) in [7, 11) is 0. The number of hydrazine groups is 1. The third kappa shape index (κ3) is 2.54. The van der Waals surface area contributed by atoms with E-state index in [4.69, 9.17) is 17.4 Å². The summed E-state index contributed by atoms with van der Waals surface area (Å²) in [6, 6.07) is 0. The van der Waals surface area contributed by atoms with E-state index in [1.807, 2.05) is 0 Å². The molecule has 1 unspecified atom stereocenters. The fourth-order valence-corrected chi connectivity index (χ4v) is 1.71. The zero-order chi connectivity index (χ0) is 14.3. The fourth-order valence-electron chi connectivity index (χ4n) is 1.41. The molecule has 7 heteroatoms. The van der Waals surface area contributed by atoms with E-state index in [0.29, 0.717) is 11.1 Å². The van der Waals surface area contributed by atoms with Gasteiger partial charge >= 0.3 is 5.92 Å². The van der Waals surface area contributed by atoms with Crippen LogP contribution in [0.5, 0.6) is 0 Å². The van der Waals surface area contributed by atoms with Crippen LogP contribution in [0.2, 0.25) is 0 Å². The normalized spacial score (nSPS) is 23.2. The van der Waals surface area contributed by atoms with Gasteiger partial charge in [0.1, 0.15) is 5.92 Å². The van der Waals surface area contributed by atoms with Crippen LogP contribution in [0, 0.1) is 5.92 Å². The van der Waals surface area contributed by atoms with Crippen molar-refractivity contribution in [2.24, 2.45) is 11.8 Å². The Hall–Kier alpha value is -1.01. The van der Waals surface area contributed by atoms with E-state index >= 15 is 0 Å².